The molecule has 32 heavy (non-hydrogen) atoms. The van der Waals surface area contributed by atoms with E-state index in [1.165, 1.54) is 5.56 Å². The third-order valence-corrected chi connectivity index (χ3v) is 8.15. The fourth-order valence-electron chi connectivity index (χ4n) is 3.13. The molecule has 0 aliphatic carbocycles. The number of hydrogen-bond acceptors (Lipinski definition) is 4. The van der Waals surface area contributed by atoms with Gasteiger partial charge in [-0.15, -0.1) is 23.5 Å². The highest BCUT2D eigenvalue weighted by Gasteiger charge is 2.14. The van der Waals surface area contributed by atoms with Crippen LogP contribution in [0.4, 0.5) is 0 Å². The maximum atomic E-state index is 11.9. The molecule has 168 valence electrons. The second-order valence-corrected chi connectivity index (χ2v) is 10.8. The standard InChI is InChI=1S/C26H29ClN2OS2/c1-4-15-31-26(32-16-14-25(30)29(2)3)21-7-5-6-19(17-21)8-12-23-13-10-20-9-11-22(27)18-24(20)28-23/h5-13,17-18,26H,4,14-16H2,1-3H3/b12-8-/t26-/m1/s1. The van der Waals surface area contributed by atoms with E-state index in [0.717, 1.165) is 40.1 Å². The van der Waals surface area contributed by atoms with Gasteiger partial charge in [-0.3, -0.25) is 4.79 Å². The summed E-state index contributed by atoms with van der Waals surface area (Å²) < 4.78 is 0.319. The van der Waals surface area contributed by atoms with Crippen LogP contribution in [-0.2, 0) is 4.79 Å². The van der Waals surface area contributed by atoms with Crippen molar-refractivity contribution in [3.63, 3.8) is 0 Å². The van der Waals surface area contributed by atoms with Crippen LogP contribution in [0.25, 0.3) is 23.1 Å². The molecule has 3 nitrogen and oxygen atoms in total. The van der Waals surface area contributed by atoms with Crippen LogP contribution in [0.1, 0.15) is 41.2 Å². The number of thioether (sulfide) groups is 2. The number of benzene rings is 2. The number of fused-ring (bicyclic) bond motifs is 1. The summed E-state index contributed by atoms with van der Waals surface area (Å²) in [5.74, 6) is 2.10. The zero-order chi connectivity index (χ0) is 22.9. The molecular weight excluding hydrogens is 456 g/mol. The SMILES string of the molecule is CCCS[C@H](SCCC(=O)N(C)C)c1cccc(/C=C\c2ccc3ccc(Cl)cc3n2)c1. The Kier molecular flexibility index (Phi) is 9.51. The van der Waals surface area contributed by atoms with Gasteiger partial charge in [0.2, 0.25) is 5.91 Å². The maximum absolute atomic E-state index is 11.9. The minimum Gasteiger partial charge on any atom is -0.349 e. The molecular formula is C26H29ClN2OS2. The first-order chi connectivity index (χ1) is 15.5. The summed E-state index contributed by atoms with van der Waals surface area (Å²) in [7, 11) is 3.62. The predicted molar refractivity (Wildman–Crippen MR) is 143 cm³/mol. The number of rotatable bonds is 10. The number of carbonyl (C=O) groups excluding carboxylic acids is 1. The van der Waals surface area contributed by atoms with Crippen LogP contribution in [-0.4, -0.2) is 41.4 Å². The van der Waals surface area contributed by atoms with E-state index < -0.39 is 0 Å². The highest BCUT2D eigenvalue weighted by atomic mass is 35.5. The van der Waals surface area contributed by atoms with Crippen molar-refractivity contribution in [2.75, 3.05) is 25.6 Å². The molecule has 6 heteroatoms. The molecule has 0 radical (unpaired) electrons. The lowest BCUT2D eigenvalue weighted by Crippen LogP contribution is -2.21. The minimum atomic E-state index is 0.178. The summed E-state index contributed by atoms with van der Waals surface area (Å²) in [6.45, 7) is 2.20. The van der Waals surface area contributed by atoms with Gasteiger partial charge in [0.05, 0.1) is 15.8 Å². The Bertz CT molecular complexity index is 1080. The van der Waals surface area contributed by atoms with Crippen LogP contribution >= 0.6 is 35.1 Å². The van der Waals surface area contributed by atoms with E-state index in [9.17, 15) is 4.79 Å². The second kappa shape index (κ2) is 12.3. The first-order valence-corrected chi connectivity index (χ1v) is 13.2. The summed E-state index contributed by atoms with van der Waals surface area (Å²) in [5.41, 5.74) is 4.22. The Balaban J connectivity index is 1.73. The quantitative estimate of drug-likeness (QED) is 0.280. The van der Waals surface area contributed by atoms with Crippen LogP contribution in [0.2, 0.25) is 5.02 Å². The average molecular weight is 485 g/mol. The molecule has 1 heterocycles. The summed E-state index contributed by atoms with van der Waals surface area (Å²) in [5, 5.41) is 1.77. The summed E-state index contributed by atoms with van der Waals surface area (Å²) >= 11 is 9.92. The van der Waals surface area contributed by atoms with Crippen LogP contribution in [0.3, 0.4) is 0 Å². The Morgan fingerprint density at radius 1 is 1.06 bits per heavy atom. The molecule has 2 aromatic carbocycles. The van der Waals surface area contributed by atoms with Crippen molar-refractivity contribution >= 4 is 64.1 Å². The summed E-state index contributed by atoms with van der Waals surface area (Å²) in [4.78, 5) is 18.3. The van der Waals surface area contributed by atoms with Crippen molar-refractivity contribution in [2.45, 2.75) is 24.3 Å². The van der Waals surface area contributed by atoms with E-state index in [1.54, 1.807) is 4.90 Å². The highest BCUT2D eigenvalue weighted by Crippen LogP contribution is 2.40. The van der Waals surface area contributed by atoms with Crippen LogP contribution in [0.5, 0.6) is 0 Å². The first-order valence-electron chi connectivity index (χ1n) is 10.7. The molecule has 0 unspecified atom stereocenters. The minimum absolute atomic E-state index is 0.178. The van der Waals surface area contributed by atoms with Crippen molar-refractivity contribution in [3.05, 3.63) is 76.4 Å². The van der Waals surface area contributed by atoms with Gasteiger partial charge in [-0.05, 0) is 53.6 Å². The Morgan fingerprint density at radius 3 is 2.62 bits per heavy atom. The topological polar surface area (TPSA) is 33.2 Å². The molecule has 1 atom stereocenters. The smallest absolute Gasteiger partial charge is 0.222 e. The molecule has 0 aliphatic heterocycles. The van der Waals surface area contributed by atoms with E-state index >= 15 is 0 Å². The number of aromatic nitrogens is 1. The van der Waals surface area contributed by atoms with Gasteiger partial charge in [0.1, 0.15) is 0 Å². The van der Waals surface area contributed by atoms with Crippen LogP contribution < -0.4 is 0 Å². The zero-order valence-corrected chi connectivity index (χ0v) is 21.1. The van der Waals surface area contributed by atoms with Crippen molar-refractivity contribution in [1.82, 2.24) is 9.88 Å². The van der Waals surface area contributed by atoms with Gasteiger partial charge in [0.25, 0.3) is 0 Å². The molecule has 0 N–H and O–H groups in total. The van der Waals surface area contributed by atoms with E-state index in [1.807, 2.05) is 68.0 Å². The molecule has 0 saturated heterocycles. The van der Waals surface area contributed by atoms with Gasteiger partial charge >= 0.3 is 0 Å². The third-order valence-electron chi connectivity index (χ3n) is 4.86. The Labute approximate surface area is 204 Å². The van der Waals surface area contributed by atoms with Crippen molar-refractivity contribution in [2.24, 2.45) is 0 Å². The summed E-state index contributed by atoms with van der Waals surface area (Å²) in [6.07, 6.45) is 5.84. The second-order valence-electron chi connectivity index (χ2n) is 7.69. The summed E-state index contributed by atoms with van der Waals surface area (Å²) in [6, 6.07) is 18.5. The van der Waals surface area contributed by atoms with Crippen molar-refractivity contribution < 1.29 is 4.79 Å². The Hall–Kier alpha value is -1.95. The van der Waals surface area contributed by atoms with Crippen molar-refractivity contribution in [3.8, 4) is 0 Å². The molecule has 0 spiro atoms. The van der Waals surface area contributed by atoms with E-state index in [2.05, 4.69) is 43.3 Å². The lowest BCUT2D eigenvalue weighted by molar-refractivity contribution is -0.128. The first kappa shape index (κ1) is 24.7. The molecule has 3 rings (SSSR count). The molecule has 0 bridgehead atoms. The van der Waals surface area contributed by atoms with Gasteiger partial charge in [-0.25, -0.2) is 4.98 Å². The lowest BCUT2D eigenvalue weighted by Gasteiger charge is -2.18. The zero-order valence-electron chi connectivity index (χ0n) is 18.8. The molecule has 0 saturated carbocycles. The average Bonchev–Trinajstić information content (AvgIpc) is 2.79. The molecule has 0 aliphatic rings. The van der Waals surface area contributed by atoms with E-state index in [-0.39, 0.29) is 5.91 Å². The number of amides is 1. The van der Waals surface area contributed by atoms with Gasteiger partial charge in [-0.1, -0.05) is 54.9 Å². The van der Waals surface area contributed by atoms with Gasteiger partial charge in [-0.2, -0.15) is 0 Å². The molecule has 3 aromatic rings. The number of pyridine rings is 1. The van der Waals surface area contributed by atoms with Crippen LogP contribution in [0.15, 0.2) is 54.6 Å². The molecule has 1 amide bonds. The van der Waals surface area contributed by atoms with E-state index in [4.69, 9.17) is 16.6 Å². The largest absolute Gasteiger partial charge is 0.349 e. The molecule has 1 aromatic heterocycles. The third kappa shape index (κ3) is 7.29. The Morgan fingerprint density at radius 2 is 1.84 bits per heavy atom. The normalized spacial score (nSPS) is 12.4. The number of halogens is 1. The number of hydrogen-bond donors (Lipinski definition) is 0. The predicted octanol–water partition coefficient (Wildman–Crippen LogP) is 7.41. The van der Waals surface area contributed by atoms with Gasteiger partial charge < -0.3 is 4.90 Å². The molecule has 0 fully saturated rings. The van der Waals surface area contributed by atoms with Crippen LogP contribution in [0, 0.1) is 0 Å². The van der Waals surface area contributed by atoms with E-state index in [0.29, 0.717) is 16.0 Å². The van der Waals surface area contributed by atoms with Gasteiger partial charge in [0.15, 0.2) is 0 Å². The van der Waals surface area contributed by atoms with Crippen molar-refractivity contribution in [1.29, 1.82) is 0 Å². The fraction of sp³-hybridized carbons (Fsp3) is 0.308. The highest BCUT2D eigenvalue weighted by molar-refractivity contribution is 8.16. The number of carbonyl (C=O) groups is 1. The fourth-order valence-corrected chi connectivity index (χ4v) is 5.90. The van der Waals surface area contributed by atoms with Gasteiger partial charge in [0, 0.05) is 36.7 Å². The number of nitrogens with zero attached hydrogens (tertiary/aromatic N) is 2. The lowest BCUT2D eigenvalue weighted by atomic mass is 10.1. The monoisotopic (exact) mass is 484 g/mol. The maximum Gasteiger partial charge on any atom is 0.222 e.